The third-order valence-corrected chi connectivity index (χ3v) is 5.73. The van der Waals surface area contributed by atoms with E-state index in [9.17, 15) is 27.9 Å². The van der Waals surface area contributed by atoms with Crippen LogP contribution in [0.5, 0.6) is 0 Å². The first-order chi connectivity index (χ1) is 10.6. The predicted octanol–water partition coefficient (Wildman–Crippen LogP) is -1.05. The van der Waals surface area contributed by atoms with Gasteiger partial charge in [-0.2, -0.15) is 8.42 Å². The Morgan fingerprint density at radius 2 is 2.04 bits per heavy atom. The second-order valence-electron chi connectivity index (χ2n) is 5.28. The summed E-state index contributed by atoms with van der Waals surface area (Å²) in [5.41, 5.74) is -0.339. The number of likely N-dealkylation sites (tertiary alicyclic amines) is 1. The van der Waals surface area contributed by atoms with Gasteiger partial charge in [0.05, 0.1) is 24.2 Å². The molecule has 0 saturated carbocycles. The summed E-state index contributed by atoms with van der Waals surface area (Å²) in [4.78, 5) is 37.0. The SMILES string of the molecule is CS(=O)(=O)OCC1=C(C(=O)O)N2C(=O)[C@@H]3[C@H]2[C@@H](CN3C(=O)O)S1. The second-order valence-corrected chi connectivity index (χ2v) is 8.26. The normalized spacial score (nSPS) is 29.4. The number of carbonyl (C=O) groups excluding carboxylic acids is 1. The lowest BCUT2D eigenvalue weighted by Gasteiger charge is -2.48. The molecular formula is C11H12N2O8S2. The van der Waals surface area contributed by atoms with Gasteiger partial charge in [-0.1, -0.05) is 0 Å². The van der Waals surface area contributed by atoms with Crippen molar-refractivity contribution in [3.63, 3.8) is 0 Å². The maximum absolute atomic E-state index is 12.2. The number of amides is 2. The molecule has 0 bridgehead atoms. The predicted molar refractivity (Wildman–Crippen MR) is 76.0 cm³/mol. The number of hydrogen-bond acceptors (Lipinski definition) is 7. The highest BCUT2D eigenvalue weighted by Crippen LogP contribution is 2.49. The Morgan fingerprint density at radius 3 is 2.57 bits per heavy atom. The van der Waals surface area contributed by atoms with Crippen LogP contribution < -0.4 is 0 Å². The van der Waals surface area contributed by atoms with Gasteiger partial charge >= 0.3 is 12.1 Å². The lowest BCUT2D eigenvalue weighted by atomic mass is 9.94. The quantitative estimate of drug-likeness (QED) is 0.472. The number of nitrogens with zero attached hydrogens (tertiary/aromatic N) is 2. The molecule has 0 spiro atoms. The van der Waals surface area contributed by atoms with E-state index >= 15 is 0 Å². The fourth-order valence-corrected chi connectivity index (χ4v) is 4.86. The van der Waals surface area contributed by atoms with E-state index < -0.39 is 46.8 Å². The van der Waals surface area contributed by atoms with Crippen molar-refractivity contribution in [1.29, 1.82) is 0 Å². The first-order valence-electron chi connectivity index (χ1n) is 6.42. The third kappa shape index (κ3) is 2.46. The van der Waals surface area contributed by atoms with Crippen LogP contribution >= 0.6 is 11.8 Å². The van der Waals surface area contributed by atoms with E-state index in [2.05, 4.69) is 4.18 Å². The van der Waals surface area contributed by atoms with Crippen molar-refractivity contribution in [2.45, 2.75) is 17.3 Å². The molecule has 0 aliphatic carbocycles. The molecule has 0 radical (unpaired) electrons. The first kappa shape index (κ1) is 16.1. The molecule has 2 saturated heterocycles. The zero-order chi connectivity index (χ0) is 17.1. The minimum absolute atomic E-state index is 0.0623. The van der Waals surface area contributed by atoms with Gasteiger partial charge in [0.15, 0.2) is 0 Å². The Morgan fingerprint density at radius 1 is 1.39 bits per heavy atom. The second kappa shape index (κ2) is 5.11. The molecule has 12 heteroatoms. The Hall–Kier alpha value is -1.79. The highest BCUT2D eigenvalue weighted by atomic mass is 32.2. The number of β-lactam (4-membered cyclic amide) rings is 1. The smallest absolute Gasteiger partial charge is 0.408 e. The first-order valence-corrected chi connectivity index (χ1v) is 9.11. The van der Waals surface area contributed by atoms with Crippen molar-refractivity contribution >= 4 is 39.8 Å². The largest absolute Gasteiger partial charge is 0.477 e. The Balaban J connectivity index is 1.94. The van der Waals surface area contributed by atoms with E-state index in [1.165, 1.54) is 0 Å². The maximum atomic E-state index is 12.2. The number of hydrogen-bond donors (Lipinski definition) is 2. The van der Waals surface area contributed by atoms with Crippen LogP contribution in [0.4, 0.5) is 4.79 Å². The standard InChI is InChI=1S/C11H12N2O8S2/c1-23(19,20)21-3-5-7(10(15)16)13-6-4(22-5)2-12(11(17)18)8(6)9(13)14/h4,6,8H,2-3H2,1H3,(H,15,16)(H,17,18)/t4-,6-,8+/m1/s1. The number of aliphatic carboxylic acids is 1. The summed E-state index contributed by atoms with van der Waals surface area (Å²) in [6, 6.07) is -1.42. The molecule has 0 aromatic heterocycles. The van der Waals surface area contributed by atoms with Crippen LogP contribution in [-0.2, 0) is 23.9 Å². The van der Waals surface area contributed by atoms with Crippen molar-refractivity contribution in [2.75, 3.05) is 19.4 Å². The average molecular weight is 364 g/mol. The van der Waals surface area contributed by atoms with Crippen molar-refractivity contribution in [3.05, 3.63) is 10.6 Å². The van der Waals surface area contributed by atoms with Crippen LogP contribution in [0.25, 0.3) is 0 Å². The zero-order valence-corrected chi connectivity index (χ0v) is 13.3. The van der Waals surface area contributed by atoms with Gasteiger partial charge in [-0.25, -0.2) is 9.59 Å². The van der Waals surface area contributed by atoms with E-state index in [4.69, 9.17) is 5.11 Å². The van der Waals surface area contributed by atoms with Crippen molar-refractivity contribution in [1.82, 2.24) is 9.80 Å². The number of rotatable bonds is 4. The van der Waals surface area contributed by atoms with Crippen LogP contribution in [0.1, 0.15) is 0 Å². The molecule has 2 N–H and O–H groups in total. The summed E-state index contributed by atoms with van der Waals surface area (Å²) in [5.74, 6) is -2.00. The summed E-state index contributed by atoms with van der Waals surface area (Å²) in [6.45, 7) is -0.442. The van der Waals surface area contributed by atoms with E-state index in [0.717, 1.165) is 27.8 Å². The highest BCUT2D eigenvalue weighted by molar-refractivity contribution is 8.03. The molecule has 3 atom stereocenters. The molecule has 3 heterocycles. The van der Waals surface area contributed by atoms with Crippen LogP contribution in [0, 0.1) is 0 Å². The lowest BCUT2D eigenvalue weighted by Crippen LogP contribution is -2.69. The van der Waals surface area contributed by atoms with Crippen LogP contribution in [0.15, 0.2) is 10.6 Å². The Labute approximate surface area is 134 Å². The molecule has 23 heavy (non-hydrogen) atoms. The third-order valence-electron chi connectivity index (χ3n) is 3.86. The van der Waals surface area contributed by atoms with Gasteiger partial charge in [-0.15, -0.1) is 11.8 Å². The average Bonchev–Trinajstić information content (AvgIpc) is 2.79. The van der Waals surface area contributed by atoms with Gasteiger partial charge in [-0.3, -0.25) is 18.8 Å². The number of carbonyl (C=O) groups is 3. The fourth-order valence-electron chi connectivity index (χ4n) is 3.02. The number of carboxylic acids is 1. The molecule has 0 unspecified atom stereocenters. The van der Waals surface area contributed by atoms with Gasteiger partial charge in [0.1, 0.15) is 11.7 Å². The number of carboxylic acid groups (broad SMARTS) is 2. The van der Waals surface area contributed by atoms with E-state index in [1.807, 2.05) is 0 Å². The Bertz CT molecular complexity index is 745. The molecule has 0 aromatic carbocycles. The van der Waals surface area contributed by atoms with Gasteiger partial charge < -0.3 is 10.2 Å². The summed E-state index contributed by atoms with van der Waals surface area (Å²) in [6.07, 6.45) is -0.416. The molecule has 126 valence electrons. The number of thioether (sulfide) groups is 1. The van der Waals surface area contributed by atoms with Gasteiger partial charge in [0.25, 0.3) is 16.0 Å². The molecule has 3 aliphatic rings. The van der Waals surface area contributed by atoms with Crippen molar-refractivity contribution < 1.29 is 37.2 Å². The van der Waals surface area contributed by atoms with E-state index in [-0.39, 0.29) is 22.4 Å². The summed E-state index contributed by atoms with van der Waals surface area (Å²) in [5, 5.41) is 18.1. The van der Waals surface area contributed by atoms with Crippen molar-refractivity contribution in [2.24, 2.45) is 0 Å². The Kier molecular flexibility index (Phi) is 3.57. The van der Waals surface area contributed by atoms with Crippen LogP contribution in [0.2, 0.25) is 0 Å². The molecule has 3 aliphatic heterocycles. The summed E-state index contributed by atoms with van der Waals surface area (Å²) >= 11 is 1.05. The molecule has 10 nitrogen and oxygen atoms in total. The van der Waals surface area contributed by atoms with Gasteiger partial charge in [0.2, 0.25) is 0 Å². The van der Waals surface area contributed by atoms with E-state index in [0.29, 0.717) is 0 Å². The fraction of sp³-hybridized carbons (Fsp3) is 0.545. The maximum Gasteiger partial charge on any atom is 0.408 e. The van der Waals surface area contributed by atoms with Crippen LogP contribution in [-0.4, -0.2) is 83.1 Å². The minimum Gasteiger partial charge on any atom is -0.477 e. The topological polar surface area (TPSA) is 142 Å². The zero-order valence-electron chi connectivity index (χ0n) is 11.7. The van der Waals surface area contributed by atoms with Crippen molar-refractivity contribution in [3.8, 4) is 0 Å². The lowest BCUT2D eigenvalue weighted by molar-refractivity contribution is -0.154. The molecule has 2 amide bonds. The molecular weight excluding hydrogens is 352 g/mol. The molecule has 2 fully saturated rings. The molecule has 3 rings (SSSR count). The van der Waals surface area contributed by atoms with E-state index in [1.54, 1.807) is 0 Å². The summed E-state index contributed by atoms with van der Waals surface area (Å²) < 4.78 is 26.8. The summed E-state index contributed by atoms with van der Waals surface area (Å²) in [7, 11) is -3.79. The molecule has 0 aromatic rings. The highest BCUT2D eigenvalue weighted by Gasteiger charge is 2.64. The monoisotopic (exact) mass is 364 g/mol. The van der Waals surface area contributed by atoms with Gasteiger partial charge in [-0.05, 0) is 0 Å². The van der Waals surface area contributed by atoms with Gasteiger partial charge in [0, 0.05) is 11.4 Å². The minimum atomic E-state index is -3.79. The van der Waals surface area contributed by atoms with Crippen LogP contribution in [0.3, 0.4) is 0 Å².